The fraction of sp³-hybridized carbons (Fsp3) is 0.350. The van der Waals surface area contributed by atoms with Crippen molar-refractivity contribution in [1.82, 2.24) is 4.57 Å². The van der Waals surface area contributed by atoms with Gasteiger partial charge in [0.15, 0.2) is 0 Å². The number of sulfonamides is 1. The molecule has 3 aromatic rings. The molecular weight excluding hydrogens is 380 g/mol. The van der Waals surface area contributed by atoms with Crippen molar-refractivity contribution in [3.63, 3.8) is 0 Å². The Hall–Kier alpha value is -1.96. The van der Waals surface area contributed by atoms with E-state index in [2.05, 4.69) is 4.40 Å². The molecule has 5 nitrogen and oxygen atoms in total. The van der Waals surface area contributed by atoms with E-state index in [0.717, 1.165) is 22.5 Å². The molecule has 1 N–H and O–H groups in total. The van der Waals surface area contributed by atoms with Gasteiger partial charge in [0, 0.05) is 35.5 Å². The van der Waals surface area contributed by atoms with Crippen LogP contribution in [0.1, 0.15) is 23.4 Å². The van der Waals surface area contributed by atoms with Crippen molar-refractivity contribution in [3.8, 4) is 0 Å². The van der Waals surface area contributed by atoms with E-state index in [9.17, 15) is 13.5 Å². The molecule has 0 spiro atoms. The Morgan fingerprint density at radius 3 is 2.67 bits per heavy atom. The number of aromatic nitrogens is 1. The van der Waals surface area contributed by atoms with Gasteiger partial charge in [-0.1, -0.05) is 36.4 Å². The van der Waals surface area contributed by atoms with E-state index in [1.165, 1.54) is 24.2 Å². The zero-order valence-electron chi connectivity index (χ0n) is 15.1. The minimum Gasteiger partial charge on any atom is -0.396 e. The monoisotopic (exact) mass is 402 g/mol. The summed E-state index contributed by atoms with van der Waals surface area (Å²) in [6.07, 6.45) is 2.87. The van der Waals surface area contributed by atoms with Crippen LogP contribution in [0.2, 0.25) is 0 Å². The summed E-state index contributed by atoms with van der Waals surface area (Å²) in [6, 6.07) is 12.7. The molecule has 1 saturated carbocycles. The number of aliphatic hydroxyl groups is 1. The number of hydrogen-bond donors (Lipinski definition) is 1. The summed E-state index contributed by atoms with van der Waals surface area (Å²) in [6.45, 7) is 2.81. The lowest BCUT2D eigenvalue weighted by Crippen LogP contribution is -2.19. The highest BCUT2D eigenvalue weighted by Gasteiger charge is 2.25. The van der Waals surface area contributed by atoms with E-state index >= 15 is 0 Å². The summed E-state index contributed by atoms with van der Waals surface area (Å²) >= 11 is 1.36. The van der Waals surface area contributed by atoms with Crippen molar-refractivity contribution >= 4 is 32.1 Å². The Morgan fingerprint density at radius 2 is 1.93 bits per heavy atom. The molecule has 0 aliphatic heterocycles. The average Bonchev–Trinajstić information content (AvgIpc) is 3.43. The molecule has 0 radical (unpaired) electrons. The molecule has 1 aliphatic carbocycles. The van der Waals surface area contributed by atoms with Gasteiger partial charge < -0.3 is 9.67 Å². The van der Waals surface area contributed by atoms with Crippen LogP contribution in [0, 0.1) is 12.8 Å². The topological polar surface area (TPSA) is 71.7 Å². The second-order valence-electron chi connectivity index (χ2n) is 6.96. The Bertz CT molecular complexity index is 1150. The lowest BCUT2D eigenvalue weighted by atomic mass is 10.1. The molecule has 0 unspecified atom stereocenters. The molecule has 1 heterocycles. The highest BCUT2D eigenvalue weighted by molar-refractivity contribution is 7.90. The van der Waals surface area contributed by atoms with E-state index in [4.69, 9.17) is 0 Å². The van der Waals surface area contributed by atoms with Crippen LogP contribution in [0.3, 0.4) is 0 Å². The molecule has 142 valence electrons. The second kappa shape index (κ2) is 7.22. The van der Waals surface area contributed by atoms with Crippen LogP contribution in [0.5, 0.6) is 0 Å². The third kappa shape index (κ3) is 3.72. The summed E-state index contributed by atoms with van der Waals surface area (Å²) in [5, 5.41) is 10.9. The van der Waals surface area contributed by atoms with Crippen LogP contribution in [0.25, 0.3) is 10.8 Å². The van der Waals surface area contributed by atoms with Gasteiger partial charge in [0.2, 0.25) is 4.80 Å². The molecule has 0 saturated heterocycles. The molecule has 0 bridgehead atoms. The molecule has 7 heteroatoms. The van der Waals surface area contributed by atoms with E-state index in [1.54, 1.807) is 12.1 Å². The van der Waals surface area contributed by atoms with Gasteiger partial charge in [-0.25, -0.2) is 0 Å². The lowest BCUT2D eigenvalue weighted by Gasteiger charge is -2.06. The highest BCUT2D eigenvalue weighted by Crippen LogP contribution is 2.31. The molecule has 0 amide bonds. The van der Waals surface area contributed by atoms with Crippen molar-refractivity contribution in [1.29, 1.82) is 0 Å². The van der Waals surface area contributed by atoms with E-state index in [1.807, 2.05) is 41.8 Å². The molecule has 27 heavy (non-hydrogen) atoms. The van der Waals surface area contributed by atoms with Crippen molar-refractivity contribution in [2.24, 2.45) is 10.3 Å². The first kappa shape index (κ1) is 18.4. The number of benzene rings is 2. The summed E-state index contributed by atoms with van der Waals surface area (Å²) in [5.74, 6) is 0.597. The minimum atomic E-state index is -3.84. The Kier molecular flexibility index (Phi) is 4.92. The number of fused-ring (bicyclic) bond motifs is 1. The summed E-state index contributed by atoms with van der Waals surface area (Å²) in [4.78, 5) is 1.72. The van der Waals surface area contributed by atoms with Gasteiger partial charge >= 0.3 is 0 Å². The normalized spacial score (nSPS) is 15.6. The third-order valence-electron chi connectivity index (χ3n) is 4.96. The summed E-state index contributed by atoms with van der Waals surface area (Å²) in [5.41, 5.74) is 1.01. The molecule has 0 atom stereocenters. The van der Waals surface area contributed by atoms with Crippen LogP contribution < -0.4 is 4.80 Å². The standard InChI is InChI=1S/C20H22N2O3S2/c1-14-18(11-12-23)26-20(22(14)13-15-9-10-15)21-27(24,25)19-8-4-6-16-5-2-3-7-17(16)19/h2-8,15,23H,9-13H2,1H3/b21-20-. The van der Waals surface area contributed by atoms with Crippen molar-refractivity contribution in [3.05, 3.63) is 57.8 Å². The number of rotatable bonds is 6. The molecule has 1 aliphatic rings. The van der Waals surface area contributed by atoms with Crippen molar-refractivity contribution in [2.75, 3.05) is 6.61 Å². The van der Waals surface area contributed by atoms with Crippen LogP contribution in [0.4, 0.5) is 0 Å². The van der Waals surface area contributed by atoms with Gasteiger partial charge in [-0.05, 0) is 37.1 Å². The quantitative estimate of drug-likeness (QED) is 0.688. The minimum absolute atomic E-state index is 0.0420. The number of nitrogens with zero attached hydrogens (tertiary/aromatic N) is 2. The van der Waals surface area contributed by atoms with Gasteiger partial charge in [0.05, 0.1) is 4.90 Å². The molecular formula is C20H22N2O3S2. The first-order valence-corrected chi connectivity index (χ1v) is 11.3. The lowest BCUT2D eigenvalue weighted by molar-refractivity contribution is 0.300. The molecule has 4 rings (SSSR count). The Morgan fingerprint density at radius 1 is 1.19 bits per heavy atom. The first-order valence-electron chi connectivity index (χ1n) is 9.08. The van der Waals surface area contributed by atoms with Crippen LogP contribution in [-0.4, -0.2) is 24.7 Å². The van der Waals surface area contributed by atoms with Crippen molar-refractivity contribution in [2.45, 2.75) is 37.6 Å². The van der Waals surface area contributed by atoms with Crippen LogP contribution in [-0.2, 0) is 23.0 Å². The molecule has 2 aromatic carbocycles. The second-order valence-corrected chi connectivity index (χ2v) is 9.60. The maximum absolute atomic E-state index is 13.1. The van der Waals surface area contributed by atoms with Gasteiger partial charge in [0.1, 0.15) is 0 Å². The number of thiazole rings is 1. The van der Waals surface area contributed by atoms with E-state index < -0.39 is 10.0 Å². The SMILES string of the molecule is Cc1c(CCO)s/c(=N\S(=O)(=O)c2cccc3ccccc23)n1CC1CC1. The average molecular weight is 403 g/mol. The van der Waals surface area contributed by atoms with Crippen LogP contribution in [0.15, 0.2) is 51.8 Å². The maximum atomic E-state index is 13.1. The van der Waals surface area contributed by atoms with E-state index in [-0.39, 0.29) is 11.5 Å². The van der Waals surface area contributed by atoms with E-state index in [0.29, 0.717) is 22.5 Å². The summed E-state index contributed by atoms with van der Waals surface area (Å²) in [7, 11) is -3.84. The predicted molar refractivity (Wildman–Crippen MR) is 107 cm³/mol. The largest absolute Gasteiger partial charge is 0.396 e. The predicted octanol–water partition coefficient (Wildman–Crippen LogP) is 3.25. The zero-order chi connectivity index (χ0) is 19.0. The zero-order valence-corrected chi connectivity index (χ0v) is 16.8. The Balaban J connectivity index is 1.87. The van der Waals surface area contributed by atoms with Gasteiger partial charge in [0.25, 0.3) is 10.0 Å². The molecule has 1 fully saturated rings. The van der Waals surface area contributed by atoms with Gasteiger partial charge in [-0.15, -0.1) is 15.7 Å². The smallest absolute Gasteiger partial charge is 0.285 e. The highest BCUT2D eigenvalue weighted by atomic mass is 32.2. The van der Waals surface area contributed by atoms with Gasteiger partial charge in [-0.3, -0.25) is 0 Å². The Labute approximate surface area is 162 Å². The fourth-order valence-electron chi connectivity index (χ4n) is 3.28. The van der Waals surface area contributed by atoms with Crippen LogP contribution >= 0.6 is 11.3 Å². The maximum Gasteiger partial charge on any atom is 0.285 e. The summed E-state index contributed by atoms with van der Waals surface area (Å²) < 4.78 is 32.5. The van der Waals surface area contributed by atoms with Gasteiger partial charge in [-0.2, -0.15) is 8.42 Å². The first-order chi connectivity index (χ1) is 13.0. The van der Waals surface area contributed by atoms with Crippen molar-refractivity contribution < 1.29 is 13.5 Å². The number of aliphatic hydroxyl groups excluding tert-OH is 1. The number of hydrogen-bond acceptors (Lipinski definition) is 4. The third-order valence-corrected chi connectivity index (χ3v) is 7.64. The molecule has 1 aromatic heterocycles. The fourth-order valence-corrected chi connectivity index (χ4v) is 5.83.